The van der Waals surface area contributed by atoms with Crippen LogP contribution in [0.15, 0.2) is 35.7 Å². The first-order valence-electron chi connectivity index (χ1n) is 9.10. The molecule has 1 unspecified atom stereocenters. The fraction of sp³-hybridized carbons (Fsp3) is 0.333. The molecule has 148 valence electrons. The van der Waals surface area contributed by atoms with E-state index < -0.39 is 0 Å². The summed E-state index contributed by atoms with van der Waals surface area (Å²) in [6, 6.07) is 9.45. The van der Waals surface area contributed by atoms with E-state index >= 15 is 0 Å². The van der Waals surface area contributed by atoms with Crippen molar-refractivity contribution in [1.82, 2.24) is 15.1 Å². The van der Waals surface area contributed by atoms with Crippen molar-refractivity contribution in [3.05, 3.63) is 68.1 Å². The van der Waals surface area contributed by atoms with Crippen molar-refractivity contribution in [3.8, 4) is 5.75 Å². The van der Waals surface area contributed by atoms with Gasteiger partial charge in [-0.1, -0.05) is 11.6 Å². The number of hydrogen-bond donors (Lipinski definition) is 1. The van der Waals surface area contributed by atoms with Crippen molar-refractivity contribution in [2.75, 3.05) is 0 Å². The van der Waals surface area contributed by atoms with Gasteiger partial charge in [-0.2, -0.15) is 5.10 Å². The number of hydrogen-bond acceptors (Lipinski definition) is 4. The number of amides is 1. The van der Waals surface area contributed by atoms with Gasteiger partial charge in [-0.25, -0.2) is 0 Å². The highest BCUT2D eigenvalue weighted by Crippen LogP contribution is 2.23. The number of aryl methyl sites for hydroxylation is 3. The highest BCUT2D eigenvalue weighted by Gasteiger charge is 2.14. The second kappa shape index (κ2) is 8.80. The van der Waals surface area contributed by atoms with Crippen LogP contribution in [0.1, 0.15) is 39.1 Å². The maximum atomic E-state index is 12.5. The Hall–Kier alpha value is -2.31. The van der Waals surface area contributed by atoms with E-state index in [2.05, 4.69) is 10.4 Å². The van der Waals surface area contributed by atoms with Gasteiger partial charge < -0.3 is 10.1 Å². The molecule has 0 radical (unpaired) electrons. The monoisotopic (exact) mass is 417 g/mol. The van der Waals surface area contributed by atoms with Crippen molar-refractivity contribution in [2.24, 2.45) is 0 Å². The Bertz CT molecular complexity index is 980. The molecule has 0 bridgehead atoms. The number of thiophene rings is 1. The zero-order valence-electron chi connectivity index (χ0n) is 16.5. The van der Waals surface area contributed by atoms with Gasteiger partial charge >= 0.3 is 0 Å². The highest BCUT2D eigenvalue weighted by molar-refractivity contribution is 7.12. The molecule has 1 N–H and O–H groups in total. The summed E-state index contributed by atoms with van der Waals surface area (Å²) >= 11 is 7.45. The topological polar surface area (TPSA) is 56.2 Å². The van der Waals surface area contributed by atoms with Crippen LogP contribution in [0.3, 0.4) is 0 Å². The molecule has 5 nitrogen and oxygen atoms in total. The number of nitrogens with zero attached hydrogens (tertiary/aromatic N) is 2. The number of carbonyl (C=O) groups excluding carboxylic acids is 1. The zero-order valence-corrected chi connectivity index (χ0v) is 18.0. The van der Waals surface area contributed by atoms with Crippen molar-refractivity contribution in [3.63, 3.8) is 0 Å². The van der Waals surface area contributed by atoms with E-state index in [1.165, 1.54) is 11.3 Å². The molecule has 3 aromatic rings. The van der Waals surface area contributed by atoms with Gasteiger partial charge in [0.05, 0.1) is 17.1 Å². The maximum Gasteiger partial charge on any atom is 0.261 e. The molecule has 2 aromatic heterocycles. The molecule has 0 saturated carbocycles. The zero-order chi connectivity index (χ0) is 20.3. The molecule has 2 heterocycles. The Balaban J connectivity index is 1.54. The summed E-state index contributed by atoms with van der Waals surface area (Å²) in [5.74, 6) is 0.685. The molecule has 0 spiro atoms. The number of aromatic nitrogens is 2. The third kappa shape index (κ3) is 5.14. The fourth-order valence-corrected chi connectivity index (χ4v) is 3.82. The standard InChI is InChI=1S/C21H24ClN3O2S/c1-13-7-18(5-6-19(13)22)27-11-17-9-20(28-12-17)21(26)23-15(3)10-25-16(4)8-14(2)24-25/h5-9,12,15H,10-11H2,1-4H3,(H,23,26). The normalized spacial score (nSPS) is 12.0. The molecule has 28 heavy (non-hydrogen) atoms. The van der Waals surface area contributed by atoms with Crippen LogP contribution in [0.5, 0.6) is 5.75 Å². The van der Waals surface area contributed by atoms with E-state index in [4.69, 9.17) is 16.3 Å². The predicted octanol–water partition coefficient (Wildman–Crippen LogP) is 4.92. The molecule has 1 aromatic carbocycles. The van der Waals surface area contributed by atoms with Crippen molar-refractivity contribution in [1.29, 1.82) is 0 Å². The fourth-order valence-electron chi connectivity index (χ4n) is 2.90. The first kappa shape index (κ1) is 20.4. The molecular weight excluding hydrogens is 394 g/mol. The lowest BCUT2D eigenvalue weighted by atomic mass is 10.2. The summed E-state index contributed by atoms with van der Waals surface area (Å²) in [5, 5.41) is 10.1. The number of halogens is 1. The quantitative estimate of drug-likeness (QED) is 0.593. The predicted molar refractivity (Wildman–Crippen MR) is 113 cm³/mol. The minimum atomic E-state index is -0.0763. The van der Waals surface area contributed by atoms with Crippen LogP contribution in [-0.2, 0) is 13.2 Å². The minimum absolute atomic E-state index is 0.0238. The first-order chi connectivity index (χ1) is 13.3. The molecule has 1 amide bonds. The Kier molecular flexibility index (Phi) is 6.42. The third-order valence-electron chi connectivity index (χ3n) is 4.34. The van der Waals surface area contributed by atoms with Crippen LogP contribution in [0.2, 0.25) is 5.02 Å². The van der Waals surface area contributed by atoms with E-state index in [0.29, 0.717) is 18.0 Å². The van der Waals surface area contributed by atoms with Crippen LogP contribution >= 0.6 is 22.9 Å². The first-order valence-corrected chi connectivity index (χ1v) is 10.4. The van der Waals surface area contributed by atoms with E-state index in [0.717, 1.165) is 33.3 Å². The molecule has 0 fully saturated rings. The number of rotatable bonds is 7. The Morgan fingerprint density at radius 2 is 2.07 bits per heavy atom. The van der Waals surface area contributed by atoms with Crippen molar-refractivity contribution < 1.29 is 9.53 Å². The molecule has 0 aliphatic heterocycles. The number of benzene rings is 1. The summed E-state index contributed by atoms with van der Waals surface area (Å²) < 4.78 is 7.72. The minimum Gasteiger partial charge on any atom is -0.489 e. The van der Waals surface area contributed by atoms with Gasteiger partial charge in [-0.15, -0.1) is 11.3 Å². The number of carbonyl (C=O) groups is 1. The van der Waals surface area contributed by atoms with Crippen molar-refractivity contribution in [2.45, 2.75) is 46.9 Å². The largest absolute Gasteiger partial charge is 0.489 e. The Morgan fingerprint density at radius 3 is 2.75 bits per heavy atom. The van der Waals surface area contributed by atoms with Crippen LogP contribution in [0.25, 0.3) is 0 Å². The SMILES string of the molecule is Cc1cc(C)n(CC(C)NC(=O)c2cc(COc3ccc(Cl)c(C)c3)cs2)n1. The molecular formula is C21H24ClN3O2S. The summed E-state index contributed by atoms with van der Waals surface area (Å²) in [6.45, 7) is 8.95. The van der Waals surface area contributed by atoms with Crippen LogP contribution in [0, 0.1) is 20.8 Å². The van der Waals surface area contributed by atoms with E-state index in [9.17, 15) is 4.79 Å². The van der Waals surface area contributed by atoms with Gasteiger partial charge in [-0.05, 0) is 69.0 Å². The van der Waals surface area contributed by atoms with Crippen molar-refractivity contribution >= 4 is 28.8 Å². The number of ether oxygens (including phenoxy) is 1. The average Bonchev–Trinajstić information content (AvgIpc) is 3.22. The molecule has 0 aliphatic carbocycles. The Labute approximate surface area is 174 Å². The Morgan fingerprint density at radius 1 is 1.29 bits per heavy atom. The van der Waals surface area contributed by atoms with Gasteiger partial charge in [0, 0.05) is 22.3 Å². The van der Waals surface area contributed by atoms with Gasteiger partial charge in [0.1, 0.15) is 12.4 Å². The van der Waals surface area contributed by atoms with Gasteiger partial charge in [0.15, 0.2) is 0 Å². The van der Waals surface area contributed by atoms with Gasteiger partial charge in [-0.3, -0.25) is 9.48 Å². The van der Waals surface area contributed by atoms with E-state index in [1.54, 1.807) is 0 Å². The average molecular weight is 418 g/mol. The summed E-state index contributed by atoms with van der Waals surface area (Å²) in [7, 11) is 0. The van der Waals surface area contributed by atoms with Crippen LogP contribution in [-0.4, -0.2) is 21.7 Å². The molecule has 7 heteroatoms. The molecule has 0 saturated heterocycles. The summed E-state index contributed by atoms with van der Waals surface area (Å²) in [4.78, 5) is 13.2. The maximum absolute atomic E-state index is 12.5. The molecule has 0 aliphatic rings. The lowest BCUT2D eigenvalue weighted by Crippen LogP contribution is -2.35. The third-order valence-corrected chi connectivity index (χ3v) is 5.74. The van der Waals surface area contributed by atoms with Crippen LogP contribution < -0.4 is 10.1 Å². The van der Waals surface area contributed by atoms with Gasteiger partial charge in [0.25, 0.3) is 5.91 Å². The summed E-state index contributed by atoms with van der Waals surface area (Å²) in [6.07, 6.45) is 0. The van der Waals surface area contributed by atoms with E-state index in [1.807, 2.05) is 68.1 Å². The second-order valence-electron chi connectivity index (χ2n) is 7.00. The molecule has 3 rings (SSSR count). The summed E-state index contributed by atoms with van der Waals surface area (Å²) in [5.41, 5.74) is 4.01. The number of nitrogens with one attached hydrogen (secondary N) is 1. The van der Waals surface area contributed by atoms with Crippen LogP contribution in [0.4, 0.5) is 0 Å². The second-order valence-corrected chi connectivity index (χ2v) is 8.32. The van der Waals surface area contributed by atoms with E-state index in [-0.39, 0.29) is 11.9 Å². The smallest absolute Gasteiger partial charge is 0.261 e. The lowest BCUT2D eigenvalue weighted by Gasteiger charge is -2.14. The highest BCUT2D eigenvalue weighted by atomic mass is 35.5. The van der Waals surface area contributed by atoms with Gasteiger partial charge in [0.2, 0.25) is 0 Å². The molecule has 1 atom stereocenters. The lowest BCUT2D eigenvalue weighted by molar-refractivity contribution is 0.0940.